The second-order valence-corrected chi connectivity index (χ2v) is 8.24. The van der Waals surface area contributed by atoms with Crippen LogP contribution in [0.1, 0.15) is 36.7 Å². The van der Waals surface area contributed by atoms with E-state index in [0.717, 1.165) is 10.5 Å². The van der Waals surface area contributed by atoms with E-state index in [0.29, 0.717) is 22.1 Å². The zero-order valence-corrected chi connectivity index (χ0v) is 15.1. The van der Waals surface area contributed by atoms with Gasteiger partial charge in [0.2, 0.25) is 10.0 Å². The maximum atomic E-state index is 11.8. The van der Waals surface area contributed by atoms with Crippen LogP contribution in [0.4, 0.5) is 5.82 Å². The van der Waals surface area contributed by atoms with Crippen LogP contribution in [0.3, 0.4) is 0 Å². The molecule has 0 spiro atoms. The minimum atomic E-state index is -3.78. The number of nitrogens with zero attached hydrogens (tertiary/aromatic N) is 2. The van der Waals surface area contributed by atoms with Crippen LogP contribution in [0, 0.1) is 13.8 Å². The van der Waals surface area contributed by atoms with Gasteiger partial charge in [0.05, 0.1) is 9.79 Å². The molecule has 0 saturated carbocycles. The van der Waals surface area contributed by atoms with Crippen molar-refractivity contribution in [2.45, 2.75) is 48.3 Å². The SMILES string of the molecule is Cc1ncc(Sc2cc(S(N)(=O)=O)c(C)cc2C(C)C)c(N)n1. The van der Waals surface area contributed by atoms with Gasteiger partial charge in [-0.15, -0.1) is 0 Å². The van der Waals surface area contributed by atoms with Gasteiger partial charge in [0.15, 0.2) is 0 Å². The van der Waals surface area contributed by atoms with Gasteiger partial charge in [0.1, 0.15) is 11.6 Å². The Kier molecular flexibility index (Phi) is 4.98. The van der Waals surface area contributed by atoms with Crippen LogP contribution < -0.4 is 10.9 Å². The Morgan fingerprint density at radius 1 is 1.17 bits per heavy atom. The van der Waals surface area contributed by atoms with E-state index >= 15 is 0 Å². The molecule has 1 aromatic carbocycles. The summed E-state index contributed by atoms with van der Waals surface area (Å²) < 4.78 is 23.5. The number of sulfonamides is 1. The van der Waals surface area contributed by atoms with Crippen LogP contribution in [0.5, 0.6) is 0 Å². The van der Waals surface area contributed by atoms with Crippen molar-refractivity contribution in [1.29, 1.82) is 0 Å². The standard InChI is InChI=1S/C15H20N4O2S2/c1-8(2)11-5-9(3)14(23(17,20)21)6-12(11)22-13-7-18-10(4)19-15(13)16/h5-8H,1-4H3,(H2,16,18,19)(H2,17,20,21). The summed E-state index contributed by atoms with van der Waals surface area (Å²) >= 11 is 1.35. The van der Waals surface area contributed by atoms with E-state index in [2.05, 4.69) is 9.97 Å². The van der Waals surface area contributed by atoms with Gasteiger partial charge >= 0.3 is 0 Å². The third kappa shape index (κ3) is 4.01. The van der Waals surface area contributed by atoms with Crippen molar-refractivity contribution in [3.8, 4) is 0 Å². The Balaban J connectivity index is 2.59. The molecule has 0 unspecified atom stereocenters. The molecule has 8 heteroatoms. The van der Waals surface area contributed by atoms with Crippen LogP contribution >= 0.6 is 11.8 Å². The maximum Gasteiger partial charge on any atom is 0.238 e. The lowest BCUT2D eigenvalue weighted by Gasteiger charge is -2.16. The molecule has 1 aromatic heterocycles. The Morgan fingerprint density at radius 3 is 2.35 bits per heavy atom. The van der Waals surface area contributed by atoms with Crippen LogP contribution in [0.15, 0.2) is 33.0 Å². The molecule has 0 radical (unpaired) electrons. The fourth-order valence-electron chi connectivity index (χ4n) is 2.21. The van der Waals surface area contributed by atoms with E-state index in [1.165, 1.54) is 11.8 Å². The Labute approximate surface area is 140 Å². The van der Waals surface area contributed by atoms with Gasteiger partial charge in [-0.3, -0.25) is 0 Å². The second-order valence-electron chi connectivity index (χ2n) is 5.62. The van der Waals surface area contributed by atoms with Gasteiger partial charge in [0.25, 0.3) is 0 Å². The number of anilines is 1. The molecule has 2 aromatic rings. The molecule has 1 heterocycles. The normalized spacial score (nSPS) is 11.9. The van der Waals surface area contributed by atoms with E-state index in [1.807, 2.05) is 19.9 Å². The average Bonchev–Trinajstić information content (AvgIpc) is 2.41. The largest absolute Gasteiger partial charge is 0.383 e. The number of primary sulfonamides is 1. The lowest BCUT2D eigenvalue weighted by molar-refractivity contribution is 0.596. The highest BCUT2D eigenvalue weighted by molar-refractivity contribution is 7.99. The van der Waals surface area contributed by atoms with Gasteiger partial charge < -0.3 is 5.73 Å². The number of nitrogen functional groups attached to an aromatic ring is 1. The molecule has 124 valence electrons. The minimum absolute atomic E-state index is 0.121. The van der Waals surface area contributed by atoms with Gasteiger partial charge in [-0.2, -0.15) is 0 Å². The molecule has 0 atom stereocenters. The molecule has 0 aliphatic carbocycles. The summed E-state index contributed by atoms with van der Waals surface area (Å²) in [6.07, 6.45) is 1.64. The van der Waals surface area contributed by atoms with Crippen LogP contribution in [0.25, 0.3) is 0 Å². The molecule has 0 bridgehead atoms. The fraction of sp³-hybridized carbons (Fsp3) is 0.333. The van der Waals surface area contributed by atoms with Crippen molar-refractivity contribution in [1.82, 2.24) is 9.97 Å². The summed E-state index contributed by atoms with van der Waals surface area (Å²) in [4.78, 5) is 9.87. The van der Waals surface area contributed by atoms with Gasteiger partial charge in [-0.1, -0.05) is 31.7 Å². The summed E-state index contributed by atoms with van der Waals surface area (Å²) in [6.45, 7) is 7.59. The number of nitrogens with two attached hydrogens (primary N) is 2. The van der Waals surface area contributed by atoms with E-state index in [1.54, 1.807) is 26.1 Å². The minimum Gasteiger partial charge on any atom is -0.383 e. The molecule has 0 aliphatic rings. The van der Waals surface area contributed by atoms with E-state index < -0.39 is 10.0 Å². The van der Waals surface area contributed by atoms with Gasteiger partial charge in [-0.05, 0) is 37.0 Å². The number of benzene rings is 1. The van der Waals surface area contributed by atoms with E-state index in [9.17, 15) is 8.42 Å². The van der Waals surface area contributed by atoms with E-state index in [4.69, 9.17) is 10.9 Å². The first kappa shape index (κ1) is 17.7. The first-order chi connectivity index (χ1) is 10.6. The van der Waals surface area contributed by atoms with Crippen molar-refractivity contribution in [2.24, 2.45) is 5.14 Å². The molecule has 0 aliphatic heterocycles. The summed E-state index contributed by atoms with van der Waals surface area (Å²) in [7, 11) is -3.78. The Morgan fingerprint density at radius 2 is 1.83 bits per heavy atom. The van der Waals surface area contributed by atoms with Crippen molar-refractivity contribution in [3.05, 3.63) is 35.3 Å². The highest BCUT2D eigenvalue weighted by Gasteiger charge is 2.18. The number of aryl methyl sites for hydroxylation is 2. The van der Waals surface area contributed by atoms with Crippen molar-refractivity contribution < 1.29 is 8.42 Å². The molecule has 0 amide bonds. The average molecular weight is 352 g/mol. The zero-order valence-electron chi connectivity index (χ0n) is 13.5. The lowest BCUT2D eigenvalue weighted by Crippen LogP contribution is -2.14. The number of hydrogen-bond donors (Lipinski definition) is 2. The number of rotatable bonds is 4. The molecular formula is C15H20N4O2S2. The highest BCUT2D eigenvalue weighted by atomic mass is 32.2. The predicted octanol–water partition coefficient (Wildman–Crippen LogP) is 2.60. The predicted molar refractivity (Wildman–Crippen MR) is 91.9 cm³/mol. The molecule has 4 N–H and O–H groups in total. The first-order valence-electron chi connectivity index (χ1n) is 7.04. The van der Waals surface area contributed by atoms with E-state index in [-0.39, 0.29) is 10.8 Å². The van der Waals surface area contributed by atoms with Crippen molar-refractivity contribution in [3.63, 3.8) is 0 Å². The number of aromatic nitrogens is 2. The maximum absolute atomic E-state index is 11.8. The highest BCUT2D eigenvalue weighted by Crippen LogP contribution is 2.38. The van der Waals surface area contributed by atoms with Crippen molar-refractivity contribution in [2.75, 3.05) is 5.73 Å². The molecule has 6 nitrogen and oxygen atoms in total. The summed E-state index contributed by atoms with van der Waals surface area (Å²) in [5.41, 5.74) is 7.59. The van der Waals surface area contributed by atoms with Crippen molar-refractivity contribution >= 4 is 27.6 Å². The number of hydrogen-bond acceptors (Lipinski definition) is 6. The Hall–Kier alpha value is -1.64. The molecular weight excluding hydrogens is 332 g/mol. The summed E-state index contributed by atoms with van der Waals surface area (Å²) in [5.74, 6) is 1.18. The first-order valence-corrected chi connectivity index (χ1v) is 9.40. The quantitative estimate of drug-likeness (QED) is 0.874. The lowest BCUT2D eigenvalue weighted by atomic mass is 10.0. The zero-order chi connectivity index (χ0) is 17.4. The van der Waals surface area contributed by atoms with Gasteiger partial charge in [-0.25, -0.2) is 23.5 Å². The summed E-state index contributed by atoms with van der Waals surface area (Å²) in [5, 5.41) is 5.31. The fourth-order valence-corrected chi connectivity index (χ4v) is 4.16. The third-order valence-electron chi connectivity index (χ3n) is 3.36. The monoisotopic (exact) mass is 352 g/mol. The molecule has 23 heavy (non-hydrogen) atoms. The van der Waals surface area contributed by atoms with Crippen LogP contribution in [0.2, 0.25) is 0 Å². The van der Waals surface area contributed by atoms with Crippen LogP contribution in [-0.2, 0) is 10.0 Å². The topological polar surface area (TPSA) is 112 Å². The van der Waals surface area contributed by atoms with Crippen LogP contribution in [-0.4, -0.2) is 18.4 Å². The Bertz CT molecular complexity index is 849. The third-order valence-corrected chi connectivity index (χ3v) is 5.52. The second kappa shape index (κ2) is 6.46. The van der Waals surface area contributed by atoms with Gasteiger partial charge in [0, 0.05) is 11.1 Å². The smallest absolute Gasteiger partial charge is 0.238 e. The molecule has 0 saturated heterocycles. The summed E-state index contributed by atoms with van der Waals surface area (Å²) in [6, 6.07) is 3.46. The molecule has 2 rings (SSSR count). The molecule has 0 fully saturated rings.